The lowest BCUT2D eigenvalue weighted by Crippen LogP contribution is -2.40. The Labute approximate surface area is 167 Å². The third-order valence-electron chi connectivity index (χ3n) is 5.79. The van der Waals surface area contributed by atoms with Gasteiger partial charge in [-0.05, 0) is 85.9 Å². The molecule has 0 saturated heterocycles. The summed E-state index contributed by atoms with van der Waals surface area (Å²) in [7, 11) is 0. The summed E-state index contributed by atoms with van der Waals surface area (Å²) in [5.41, 5.74) is 6.92. The topological polar surface area (TPSA) is 55.6 Å². The molecule has 1 N–H and O–H groups in total. The average Bonchev–Trinajstić information content (AvgIpc) is 3.12. The van der Waals surface area contributed by atoms with Crippen molar-refractivity contribution in [3.05, 3.63) is 64.5 Å². The lowest BCUT2D eigenvalue weighted by molar-refractivity contribution is 0.309. The van der Waals surface area contributed by atoms with Crippen LogP contribution < -0.4 is 5.32 Å². The first-order valence-corrected chi connectivity index (χ1v) is 10.2. The van der Waals surface area contributed by atoms with Gasteiger partial charge in [0.1, 0.15) is 0 Å². The summed E-state index contributed by atoms with van der Waals surface area (Å²) in [5, 5.41) is 16.9. The maximum Gasteiger partial charge on any atom is 0.181 e. The molecule has 146 valence electrons. The Morgan fingerprint density at radius 1 is 0.857 bits per heavy atom. The van der Waals surface area contributed by atoms with Crippen molar-refractivity contribution >= 4 is 5.69 Å². The Morgan fingerprint density at radius 2 is 1.57 bits per heavy atom. The minimum Gasteiger partial charge on any atom is -0.373 e. The summed E-state index contributed by atoms with van der Waals surface area (Å²) >= 11 is 0. The van der Waals surface area contributed by atoms with E-state index in [4.69, 9.17) is 0 Å². The fourth-order valence-electron chi connectivity index (χ4n) is 4.57. The van der Waals surface area contributed by atoms with Gasteiger partial charge >= 0.3 is 0 Å². The number of rotatable bonds is 4. The number of hydrogen-bond acceptors (Lipinski definition) is 4. The first-order chi connectivity index (χ1) is 13.5. The Bertz CT molecular complexity index is 962. The van der Waals surface area contributed by atoms with Crippen molar-refractivity contribution in [3.63, 3.8) is 0 Å². The number of nitrogens with one attached hydrogen (secondary N) is 1. The predicted octanol–water partition coefficient (Wildman–Crippen LogP) is 5.17. The van der Waals surface area contributed by atoms with Crippen LogP contribution in [0.3, 0.4) is 0 Å². The van der Waals surface area contributed by atoms with E-state index in [2.05, 4.69) is 84.9 Å². The molecule has 0 bridgehead atoms. The van der Waals surface area contributed by atoms with Gasteiger partial charge in [-0.25, -0.2) is 0 Å². The molecule has 2 aromatic carbocycles. The molecule has 0 amide bonds. The van der Waals surface area contributed by atoms with E-state index in [-0.39, 0.29) is 5.54 Å². The Hall–Kier alpha value is -2.69. The molecule has 1 saturated carbocycles. The second kappa shape index (κ2) is 7.38. The fraction of sp³-hybridized carbons (Fsp3) is 0.435. The summed E-state index contributed by atoms with van der Waals surface area (Å²) in [6.07, 6.45) is 5.69. The second-order valence-electron chi connectivity index (χ2n) is 8.35. The number of tetrazole rings is 1. The molecule has 0 aliphatic heterocycles. The van der Waals surface area contributed by atoms with E-state index >= 15 is 0 Å². The van der Waals surface area contributed by atoms with E-state index in [1.165, 1.54) is 41.5 Å². The summed E-state index contributed by atoms with van der Waals surface area (Å²) in [6, 6.07) is 13.1. The number of nitrogens with zero attached hydrogens (tertiary/aromatic N) is 4. The molecule has 0 atom stereocenters. The van der Waals surface area contributed by atoms with Crippen molar-refractivity contribution in [2.45, 2.75) is 65.3 Å². The highest BCUT2D eigenvalue weighted by atomic mass is 15.6. The molecule has 5 heteroatoms. The quantitative estimate of drug-likeness (QED) is 0.684. The van der Waals surface area contributed by atoms with E-state index in [0.29, 0.717) is 0 Å². The summed E-state index contributed by atoms with van der Waals surface area (Å²) in [4.78, 5) is 0. The number of hydrogen-bond donors (Lipinski definition) is 1. The molecule has 4 rings (SSSR count). The smallest absolute Gasteiger partial charge is 0.181 e. The van der Waals surface area contributed by atoms with Gasteiger partial charge in [-0.3, -0.25) is 0 Å². The molecule has 1 fully saturated rings. The third-order valence-corrected chi connectivity index (χ3v) is 5.79. The second-order valence-corrected chi connectivity index (χ2v) is 8.35. The van der Waals surface area contributed by atoms with Gasteiger partial charge in [0.15, 0.2) is 5.82 Å². The largest absolute Gasteiger partial charge is 0.373 e. The van der Waals surface area contributed by atoms with Crippen molar-refractivity contribution in [1.82, 2.24) is 20.2 Å². The number of benzene rings is 2. The van der Waals surface area contributed by atoms with Gasteiger partial charge < -0.3 is 5.32 Å². The van der Waals surface area contributed by atoms with Gasteiger partial charge in [-0.2, -0.15) is 4.68 Å². The summed E-state index contributed by atoms with van der Waals surface area (Å²) in [5.74, 6) is 0.915. The van der Waals surface area contributed by atoms with Crippen LogP contribution in [0.2, 0.25) is 0 Å². The van der Waals surface area contributed by atoms with Gasteiger partial charge in [0, 0.05) is 5.69 Å². The molecule has 1 aromatic heterocycles. The van der Waals surface area contributed by atoms with Crippen LogP contribution in [0.1, 0.15) is 60.2 Å². The van der Waals surface area contributed by atoms with Gasteiger partial charge in [-0.15, -0.1) is 5.10 Å². The molecule has 0 spiro atoms. The Kier molecular flexibility index (Phi) is 4.92. The van der Waals surface area contributed by atoms with Crippen LogP contribution in [0.25, 0.3) is 5.69 Å². The molecule has 28 heavy (non-hydrogen) atoms. The molecule has 1 heterocycles. The molecule has 1 aliphatic carbocycles. The first-order valence-electron chi connectivity index (χ1n) is 10.2. The van der Waals surface area contributed by atoms with Gasteiger partial charge in [0.25, 0.3) is 0 Å². The van der Waals surface area contributed by atoms with Crippen molar-refractivity contribution in [3.8, 4) is 5.69 Å². The number of aromatic nitrogens is 4. The Morgan fingerprint density at radius 3 is 2.25 bits per heavy atom. The zero-order valence-electron chi connectivity index (χ0n) is 17.3. The van der Waals surface area contributed by atoms with Crippen molar-refractivity contribution in [2.75, 3.05) is 5.32 Å². The minimum atomic E-state index is -0.251. The van der Waals surface area contributed by atoms with Crippen molar-refractivity contribution in [2.24, 2.45) is 0 Å². The van der Waals surface area contributed by atoms with Gasteiger partial charge in [0.05, 0.1) is 11.2 Å². The molecule has 0 radical (unpaired) electrons. The normalized spacial score (nSPS) is 16.1. The number of aryl methyl sites for hydroxylation is 4. The maximum absolute atomic E-state index is 4.53. The fourth-order valence-corrected chi connectivity index (χ4v) is 4.57. The van der Waals surface area contributed by atoms with E-state index in [0.717, 1.165) is 30.0 Å². The SMILES string of the molecule is Cc1cc(C)cc(NC2(c3nnnn3-c3ccc(C)cc3C)CCCCC2)c1. The molecule has 5 nitrogen and oxygen atoms in total. The molecule has 3 aromatic rings. The van der Waals surface area contributed by atoms with Crippen LogP contribution in [0.15, 0.2) is 36.4 Å². The average molecular weight is 376 g/mol. The van der Waals surface area contributed by atoms with Gasteiger partial charge in [-0.1, -0.05) is 43.0 Å². The van der Waals surface area contributed by atoms with Crippen molar-refractivity contribution < 1.29 is 0 Å². The van der Waals surface area contributed by atoms with Crippen LogP contribution in [0.4, 0.5) is 5.69 Å². The highest BCUT2D eigenvalue weighted by Gasteiger charge is 2.39. The highest BCUT2D eigenvalue weighted by Crippen LogP contribution is 2.40. The van der Waals surface area contributed by atoms with E-state index in [1.54, 1.807) is 0 Å². The van der Waals surface area contributed by atoms with Crippen LogP contribution in [0, 0.1) is 27.7 Å². The van der Waals surface area contributed by atoms with Crippen LogP contribution in [-0.2, 0) is 5.54 Å². The third kappa shape index (κ3) is 3.53. The first kappa shape index (κ1) is 18.7. The molecule has 0 unspecified atom stereocenters. The number of anilines is 1. The van der Waals surface area contributed by atoms with E-state index in [1.807, 2.05) is 4.68 Å². The van der Waals surface area contributed by atoms with E-state index in [9.17, 15) is 0 Å². The molecular weight excluding hydrogens is 346 g/mol. The highest BCUT2D eigenvalue weighted by molar-refractivity contribution is 5.52. The Balaban J connectivity index is 1.80. The summed E-state index contributed by atoms with van der Waals surface area (Å²) < 4.78 is 1.94. The van der Waals surface area contributed by atoms with Gasteiger partial charge in [0.2, 0.25) is 0 Å². The van der Waals surface area contributed by atoms with Crippen molar-refractivity contribution in [1.29, 1.82) is 0 Å². The minimum absolute atomic E-state index is 0.251. The maximum atomic E-state index is 4.53. The zero-order valence-corrected chi connectivity index (χ0v) is 17.3. The van der Waals surface area contributed by atoms with Crippen LogP contribution in [-0.4, -0.2) is 20.2 Å². The zero-order chi connectivity index (χ0) is 19.7. The molecular formula is C23H29N5. The summed E-state index contributed by atoms with van der Waals surface area (Å²) in [6.45, 7) is 8.52. The standard InChI is InChI=1S/C23H29N5/c1-16-8-9-21(19(4)13-16)28-22(25-26-27-28)23(10-6-5-7-11-23)24-20-14-17(2)12-18(3)15-20/h8-9,12-15,24H,5-7,10-11H2,1-4H3. The van der Waals surface area contributed by atoms with Crippen LogP contribution >= 0.6 is 0 Å². The predicted molar refractivity (Wildman–Crippen MR) is 113 cm³/mol. The lowest BCUT2D eigenvalue weighted by atomic mass is 9.80. The van der Waals surface area contributed by atoms with E-state index < -0.39 is 0 Å². The lowest BCUT2D eigenvalue weighted by Gasteiger charge is -2.38. The van der Waals surface area contributed by atoms with Crippen LogP contribution in [0.5, 0.6) is 0 Å². The monoisotopic (exact) mass is 375 g/mol. The molecule has 1 aliphatic rings.